The minimum absolute atomic E-state index is 0.0220. The number of piperazine rings is 1. The summed E-state index contributed by atoms with van der Waals surface area (Å²) >= 11 is 6.26. The molecule has 1 amide bonds. The van der Waals surface area contributed by atoms with Crippen LogP contribution in [0.25, 0.3) is 0 Å². The molecule has 2 fully saturated rings. The van der Waals surface area contributed by atoms with E-state index in [4.69, 9.17) is 11.6 Å². The molecule has 1 aromatic carbocycles. The van der Waals surface area contributed by atoms with Crippen molar-refractivity contribution in [3.63, 3.8) is 0 Å². The Morgan fingerprint density at radius 1 is 1.03 bits per heavy atom. The summed E-state index contributed by atoms with van der Waals surface area (Å²) < 4.78 is 29.0. The van der Waals surface area contributed by atoms with Crippen LogP contribution in [0, 0.1) is 0 Å². The smallest absolute Gasteiger partial charge is 0.285 e. The van der Waals surface area contributed by atoms with Crippen molar-refractivity contribution in [2.45, 2.75) is 23.8 Å². The first-order valence-corrected chi connectivity index (χ1v) is 12.1. The van der Waals surface area contributed by atoms with E-state index in [1.54, 1.807) is 36.5 Å². The zero-order chi connectivity index (χ0) is 21.6. The highest BCUT2D eigenvalue weighted by Crippen LogP contribution is 2.32. The maximum absolute atomic E-state index is 13.4. The zero-order valence-electron chi connectivity index (χ0n) is 16.8. The predicted molar refractivity (Wildman–Crippen MR) is 118 cm³/mol. The first-order valence-electron chi connectivity index (χ1n) is 10.3. The van der Waals surface area contributed by atoms with Gasteiger partial charge in [-0.15, -0.1) is 4.40 Å². The fraction of sp³-hybridized carbons (Fsp3) is 0.381. The molecule has 0 unspecified atom stereocenters. The molecule has 3 aliphatic heterocycles. The van der Waals surface area contributed by atoms with Gasteiger partial charge in [-0.25, -0.2) is 4.98 Å². The third-order valence-corrected chi connectivity index (χ3v) is 7.67. The Morgan fingerprint density at radius 3 is 2.58 bits per heavy atom. The molecule has 10 heteroatoms. The number of halogens is 1. The van der Waals surface area contributed by atoms with Gasteiger partial charge in [-0.05, 0) is 37.1 Å². The minimum Gasteiger partial charge on any atom is -0.352 e. The molecule has 0 bridgehead atoms. The van der Waals surface area contributed by atoms with Crippen LogP contribution in [-0.2, 0) is 14.8 Å². The van der Waals surface area contributed by atoms with E-state index >= 15 is 0 Å². The average Bonchev–Trinajstić information content (AvgIpc) is 3.37. The Kier molecular flexibility index (Phi) is 5.10. The van der Waals surface area contributed by atoms with Gasteiger partial charge in [-0.3, -0.25) is 4.79 Å². The highest BCUT2D eigenvalue weighted by Gasteiger charge is 2.41. The first kappa shape index (κ1) is 20.3. The molecule has 8 nitrogen and oxygen atoms in total. The van der Waals surface area contributed by atoms with Crippen molar-refractivity contribution in [1.29, 1.82) is 0 Å². The topological polar surface area (TPSA) is 86.2 Å². The fourth-order valence-electron chi connectivity index (χ4n) is 4.53. The number of rotatable bonds is 2. The number of anilines is 1. The van der Waals surface area contributed by atoms with Gasteiger partial charge in [0.05, 0.1) is 5.02 Å². The lowest BCUT2D eigenvalue weighted by Gasteiger charge is -2.38. The lowest BCUT2D eigenvalue weighted by Crippen LogP contribution is -2.54. The van der Waals surface area contributed by atoms with Gasteiger partial charge in [0, 0.05) is 44.5 Å². The molecule has 0 aliphatic carbocycles. The number of amidine groups is 1. The summed E-state index contributed by atoms with van der Waals surface area (Å²) in [6, 6.07) is 10.0. The highest BCUT2D eigenvalue weighted by atomic mass is 35.5. The van der Waals surface area contributed by atoms with E-state index in [-0.39, 0.29) is 10.8 Å². The molecular formula is C21H22ClN5O3S. The fourth-order valence-corrected chi connectivity index (χ4v) is 5.99. The molecular weight excluding hydrogens is 438 g/mol. The third kappa shape index (κ3) is 3.55. The quantitative estimate of drug-likeness (QED) is 0.682. The van der Waals surface area contributed by atoms with E-state index in [0.717, 1.165) is 12.2 Å². The summed E-state index contributed by atoms with van der Waals surface area (Å²) in [5, 5.41) is 0.600. The largest absolute Gasteiger partial charge is 0.352 e. The van der Waals surface area contributed by atoms with Crippen LogP contribution in [0.3, 0.4) is 0 Å². The molecule has 31 heavy (non-hydrogen) atoms. The van der Waals surface area contributed by atoms with E-state index in [1.165, 1.54) is 0 Å². The van der Waals surface area contributed by atoms with Crippen LogP contribution in [0.4, 0.5) is 5.82 Å². The lowest BCUT2D eigenvalue weighted by molar-refractivity contribution is -0.135. The number of carbonyl (C=O) groups is 1. The Hall–Kier alpha value is -2.65. The molecule has 4 heterocycles. The number of fused-ring (bicyclic) bond motifs is 1. The second-order valence-electron chi connectivity index (χ2n) is 7.86. The Morgan fingerprint density at radius 2 is 1.81 bits per heavy atom. The summed E-state index contributed by atoms with van der Waals surface area (Å²) in [5.74, 6) is 1.15. The van der Waals surface area contributed by atoms with Gasteiger partial charge in [0.25, 0.3) is 10.0 Å². The maximum atomic E-state index is 13.4. The van der Waals surface area contributed by atoms with Crippen LogP contribution >= 0.6 is 11.6 Å². The van der Waals surface area contributed by atoms with E-state index in [1.807, 2.05) is 15.9 Å². The van der Waals surface area contributed by atoms with Crippen LogP contribution in [0.2, 0.25) is 5.02 Å². The van der Waals surface area contributed by atoms with Crippen LogP contribution in [0.15, 0.2) is 51.9 Å². The van der Waals surface area contributed by atoms with Gasteiger partial charge in [0.2, 0.25) is 5.91 Å². The van der Waals surface area contributed by atoms with Crippen LogP contribution < -0.4 is 4.90 Å². The second kappa shape index (κ2) is 7.80. The van der Waals surface area contributed by atoms with Crippen LogP contribution in [0.5, 0.6) is 0 Å². The van der Waals surface area contributed by atoms with Crippen LogP contribution in [0.1, 0.15) is 18.4 Å². The molecule has 0 radical (unpaired) electrons. The number of sulfonamides is 1. The summed E-state index contributed by atoms with van der Waals surface area (Å²) in [6.07, 6.45) is 3.22. The average molecular weight is 460 g/mol. The van der Waals surface area contributed by atoms with Gasteiger partial charge in [0.1, 0.15) is 16.8 Å². The summed E-state index contributed by atoms with van der Waals surface area (Å²) in [7, 11) is -3.71. The monoisotopic (exact) mass is 459 g/mol. The first-order chi connectivity index (χ1) is 15.0. The number of aromatic nitrogens is 1. The van der Waals surface area contributed by atoms with Crippen LogP contribution in [-0.4, -0.2) is 73.7 Å². The minimum atomic E-state index is -3.71. The summed E-state index contributed by atoms with van der Waals surface area (Å²) in [5.41, 5.74) is 0.580. The number of likely N-dealkylation sites (tertiary alicyclic amines) is 1. The van der Waals surface area contributed by atoms with E-state index in [9.17, 15) is 13.2 Å². The van der Waals surface area contributed by atoms with Gasteiger partial charge < -0.3 is 14.7 Å². The molecule has 162 valence electrons. The third-order valence-electron chi connectivity index (χ3n) is 6.05. The number of pyridine rings is 1. The van der Waals surface area contributed by atoms with Crippen molar-refractivity contribution in [2.75, 3.05) is 37.6 Å². The van der Waals surface area contributed by atoms with Crippen molar-refractivity contribution < 1.29 is 13.2 Å². The number of hydrogen-bond donors (Lipinski definition) is 0. The molecule has 1 atom stereocenters. The van der Waals surface area contributed by atoms with Gasteiger partial charge in [0.15, 0.2) is 5.84 Å². The Labute approximate surface area is 186 Å². The highest BCUT2D eigenvalue weighted by molar-refractivity contribution is 7.90. The molecule has 3 aliphatic rings. The molecule has 2 aromatic rings. The zero-order valence-corrected chi connectivity index (χ0v) is 18.4. The van der Waals surface area contributed by atoms with Crippen molar-refractivity contribution in [3.8, 4) is 0 Å². The molecule has 0 spiro atoms. The number of hydrogen-bond acceptors (Lipinski definition) is 6. The van der Waals surface area contributed by atoms with Gasteiger partial charge in [-0.2, -0.15) is 8.42 Å². The van der Waals surface area contributed by atoms with E-state index in [0.29, 0.717) is 55.6 Å². The SMILES string of the molecule is O=C([C@@H]1CCCN1C1=NS(=O)(=O)c2ccccc21)N1CCN(c2ncccc2Cl)CC1. The lowest BCUT2D eigenvalue weighted by atomic mass is 10.1. The van der Waals surface area contributed by atoms with E-state index in [2.05, 4.69) is 14.3 Å². The number of amides is 1. The second-order valence-corrected chi connectivity index (χ2v) is 9.84. The maximum Gasteiger partial charge on any atom is 0.285 e. The van der Waals surface area contributed by atoms with Gasteiger partial charge in [-0.1, -0.05) is 23.7 Å². The van der Waals surface area contributed by atoms with Crippen molar-refractivity contribution in [3.05, 3.63) is 53.2 Å². The number of carbonyl (C=O) groups excluding carboxylic acids is 1. The summed E-state index contributed by atoms with van der Waals surface area (Å²) in [6.45, 7) is 3.04. The Bertz CT molecular complexity index is 1160. The molecule has 1 aromatic heterocycles. The predicted octanol–water partition coefficient (Wildman–Crippen LogP) is 2.00. The standard InChI is InChI=1S/C21H22ClN5O3S/c22-16-6-3-9-23-20(16)25-11-13-26(14-12-25)21(28)17-7-4-10-27(17)19-15-5-1-2-8-18(15)31(29,30)24-19/h1-3,5-6,8-9,17H,4,7,10-14H2/t17-/m0/s1. The number of benzene rings is 1. The summed E-state index contributed by atoms with van der Waals surface area (Å²) in [4.78, 5) is 23.7. The Balaban J connectivity index is 1.32. The molecule has 0 saturated carbocycles. The molecule has 2 saturated heterocycles. The number of nitrogens with zero attached hydrogens (tertiary/aromatic N) is 5. The molecule has 0 N–H and O–H groups in total. The van der Waals surface area contributed by atoms with Crippen molar-refractivity contribution in [2.24, 2.45) is 4.40 Å². The van der Waals surface area contributed by atoms with Crippen molar-refractivity contribution in [1.82, 2.24) is 14.8 Å². The van der Waals surface area contributed by atoms with Crippen molar-refractivity contribution >= 4 is 39.2 Å². The normalized spacial score (nSPS) is 22.4. The van der Waals surface area contributed by atoms with E-state index < -0.39 is 16.1 Å². The molecule has 5 rings (SSSR count). The van der Waals surface area contributed by atoms with Gasteiger partial charge >= 0.3 is 0 Å².